The molecule has 0 spiro atoms. The smallest absolute Gasteiger partial charge is 0.338 e. The van der Waals surface area contributed by atoms with Crippen molar-refractivity contribution in [3.8, 4) is 0 Å². The fourth-order valence-electron chi connectivity index (χ4n) is 3.34. The van der Waals surface area contributed by atoms with E-state index < -0.39 is 12.0 Å². The van der Waals surface area contributed by atoms with Gasteiger partial charge in [0, 0.05) is 0 Å². The van der Waals surface area contributed by atoms with Gasteiger partial charge in [0.15, 0.2) is 4.80 Å². The SMILES string of the molecule is COC(=O)C1=C(C)N=c2s/c(=C\c3ccccc3)c(=O)n2[C@H]1c1ccccc1. The third kappa shape index (κ3) is 3.12. The number of carbonyl (C=O) groups excluding carboxylic acids is 1. The number of methoxy groups -OCH3 is 1. The number of hydrogen-bond donors (Lipinski definition) is 0. The Bertz CT molecular complexity index is 1240. The van der Waals surface area contributed by atoms with Gasteiger partial charge >= 0.3 is 5.97 Å². The number of fused-ring (bicyclic) bond motifs is 1. The Balaban J connectivity index is 1.99. The van der Waals surface area contributed by atoms with Gasteiger partial charge in [-0.05, 0) is 24.1 Å². The first-order valence-electron chi connectivity index (χ1n) is 8.81. The molecule has 5 nitrogen and oxygen atoms in total. The van der Waals surface area contributed by atoms with E-state index in [1.165, 1.54) is 18.4 Å². The fraction of sp³-hybridized carbons (Fsp3) is 0.136. The average Bonchev–Trinajstić information content (AvgIpc) is 3.02. The van der Waals surface area contributed by atoms with Crippen LogP contribution in [0.2, 0.25) is 0 Å². The van der Waals surface area contributed by atoms with E-state index in [0.717, 1.165) is 11.1 Å². The molecule has 6 heteroatoms. The number of ether oxygens (including phenoxy) is 1. The van der Waals surface area contributed by atoms with E-state index in [9.17, 15) is 9.59 Å². The Kier molecular flexibility index (Phi) is 4.79. The van der Waals surface area contributed by atoms with Gasteiger partial charge in [0.05, 0.1) is 29.0 Å². The van der Waals surface area contributed by atoms with Crippen molar-refractivity contribution in [2.75, 3.05) is 7.11 Å². The topological polar surface area (TPSA) is 60.7 Å². The van der Waals surface area contributed by atoms with Gasteiger partial charge in [-0.1, -0.05) is 72.0 Å². The van der Waals surface area contributed by atoms with Crippen LogP contribution in [0.4, 0.5) is 0 Å². The third-order valence-electron chi connectivity index (χ3n) is 4.64. The van der Waals surface area contributed by atoms with E-state index in [2.05, 4.69) is 4.99 Å². The van der Waals surface area contributed by atoms with E-state index >= 15 is 0 Å². The maximum absolute atomic E-state index is 13.3. The molecular weight excluding hydrogens is 372 g/mol. The summed E-state index contributed by atoms with van der Waals surface area (Å²) in [6.07, 6.45) is 1.85. The summed E-state index contributed by atoms with van der Waals surface area (Å²) in [7, 11) is 1.34. The Morgan fingerprint density at radius 3 is 2.39 bits per heavy atom. The molecule has 2 aromatic carbocycles. The maximum Gasteiger partial charge on any atom is 0.338 e. The molecule has 2 heterocycles. The molecule has 0 aliphatic carbocycles. The van der Waals surface area contributed by atoms with Crippen LogP contribution in [0, 0.1) is 0 Å². The lowest BCUT2D eigenvalue weighted by atomic mass is 9.96. The number of hydrogen-bond acceptors (Lipinski definition) is 5. The predicted molar refractivity (Wildman–Crippen MR) is 109 cm³/mol. The number of thiazole rings is 1. The zero-order chi connectivity index (χ0) is 19.7. The number of nitrogens with zero attached hydrogens (tertiary/aromatic N) is 2. The second-order valence-corrected chi connectivity index (χ2v) is 7.40. The summed E-state index contributed by atoms with van der Waals surface area (Å²) < 4.78 is 7.16. The Morgan fingerprint density at radius 2 is 1.75 bits per heavy atom. The van der Waals surface area contributed by atoms with Crippen molar-refractivity contribution in [2.24, 2.45) is 4.99 Å². The van der Waals surface area contributed by atoms with Crippen LogP contribution in [0.15, 0.2) is 81.7 Å². The lowest BCUT2D eigenvalue weighted by molar-refractivity contribution is -0.136. The first-order chi connectivity index (χ1) is 13.6. The molecular formula is C22H18N2O3S. The van der Waals surface area contributed by atoms with Gasteiger partial charge in [0.25, 0.3) is 5.56 Å². The van der Waals surface area contributed by atoms with Gasteiger partial charge in [-0.3, -0.25) is 9.36 Å². The molecule has 1 aromatic heterocycles. The number of carbonyl (C=O) groups is 1. The van der Waals surface area contributed by atoms with Gasteiger partial charge in [-0.15, -0.1) is 0 Å². The van der Waals surface area contributed by atoms with E-state index in [4.69, 9.17) is 4.74 Å². The molecule has 0 bridgehead atoms. The Labute approximate surface area is 165 Å². The van der Waals surface area contributed by atoms with Crippen molar-refractivity contribution in [1.29, 1.82) is 0 Å². The van der Waals surface area contributed by atoms with Gasteiger partial charge in [-0.2, -0.15) is 0 Å². The van der Waals surface area contributed by atoms with Crippen molar-refractivity contribution >= 4 is 23.4 Å². The van der Waals surface area contributed by atoms with E-state index in [1.807, 2.05) is 66.7 Å². The minimum absolute atomic E-state index is 0.171. The zero-order valence-corrected chi connectivity index (χ0v) is 16.3. The second kappa shape index (κ2) is 7.40. The highest BCUT2D eigenvalue weighted by Crippen LogP contribution is 2.30. The normalized spacial score (nSPS) is 16.5. The number of benzene rings is 2. The Morgan fingerprint density at radius 1 is 1.11 bits per heavy atom. The molecule has 1 aliphatic rings. The van der Waals surface area contributed by atoms with Crippen LogP contribution in [0.5, 0.6) is 0 Å². The number of aromatic nitrogens is 1. The summed E-state index contributed by atoms with van der Waals surface area (Å²) in [6.45, 7) is 1.77. The van der Waals surface area contributed by atoms with Crippen molar-refractivity contribution in [1.82, 2.24) is 4.57 Å². The van der Waals surface area contributed by atoms with Crippen LogP contribution in [0.25, 0.3) is 6.08 Å². The number of esters is 1. The second-order valence-electron chi connectivity index (χ2n) is 6.39. The van der Waals surface area contributed by atoms with Crippen molar-refractivity contribution < 1.29 is 9.53 Å². The fourth-order valence-corrected chi connectivity index (χ4v) is 4.39. The third-order valence-corrected chi connectivity index (χ3v) is 5.62. The lowest BCUT2D eigenvalue weighted by Crippen LogP contribution is -2.39. The van der Waals surface area contributed by atoms with Gasteiger partial charge < -0.3 is 4.74 Å². The number of rotatable bonds is 3. The average molecular weight is 390 g/mol. The molecule has 0 saturated heterocycles. The molecule has 0 amide bonds. The summed E-state index contributed by atoms with van der Waals surface area (Å²) in [4.78, 5) is 30.9. The molecule has 3 aromatic rings. The number of allylic oxidation sites excluding steroid dienone is 1. The van der Waals surface area contributed by atoms with Crippen LogP contribution in [-0.4, -0.2) is 17.6 Å². The van der Waals surface area contributed by atoms with Crippen molar-refractivity contribution in [3.63, 3.8) is 0 Å². The first-order valence-corrected chi connectivity index (χ1v) is 9.62. The predicted octanol–water partition coefficient (Wildman–Crippen LogP) is 2.41. The molecule has 0 fully saturated rings. The largest absolute Gasteiger partial charge is 0.466 e. The van der Waals surface area contributed by atoms with Crippen molar-refractivity contribution in [3.05, 3.63) is 103 Å². The van der Waals surface area contributed by atoms with E-state index in [-0.39, 0.29) is 5.56 Å². The molecule has 1 atom stereocenters. The lowest BCUT2D eigenvalue weighted by Gasteiger charge is -2.24. The first kappa shape index (κ1) is 18.1. The van der Waals surface area contributed by atoms with Crippen molar-refractivity contribution in [2.45, 2.75) is 13.0 Å². The highest BCUT2D eigenvalue weighted by Gasteiger charge is 2.32. The molecule has 4 rings (SSSR count). The van der Waals surface area contributed by atoms with Gasteiger partial charge in [0.2, 0.25) is 0 Å². The molecule has 0 N–H and O–H groups in total. The summed E-state index contributed by atoms with van der Waals surface area (Å²) in [5.74, 6) is -0.479. The zero-order valence-electron chi connectivity index (χ0n) is 15.5. The van der Waals surface area contributed by atoms with E-state index in [0.29, 0.717) is 20.6 Å². The maximum atomic E-state index is 13.3. The summed E-state index contributed by atoms with van der Waals surface area (Å²) in [6, 6.07) is 18.6. The van der Waals surface area contributed by atoms with Crippen LogP contribution in [0.1, 0.15) is 24.1 Å². The molecule has 0 saturated carbocycles. The summed E-state index contributed by atoms with van der Waals surface area (Å²) in [5.41, 5.74) is 2.55. The summed E-state index contributed by atoms with van der Waals surface area (Å²) >= 11 is 1.32. The van der Waals surface area contributed by atoms with Crippen LogP contribution in [0.3, 0.4) is 0 Å². The standard InChI is InChI=1S/C22H18N2O3S/c1-14-18(21(26)27-2)19(16-11-7-4-8-12-16)24-20(25)17(28-22(24)23-14)13-15-9-5-3-6-10-15/h3-13,19H,1-2H3/b17-13-/t19-/m0/s1. The Hall–Kier alpha value is -3.25. The monoisotopic (exact) mass is 390 g/mol. The molecule has 0 radical (unpaired) electrons. The molecule has 0 unspecified atom stereocenters. The van der Waals surface area contributed by atoms with Gasteiger partial charge in [-0.25, -0.2) is 9.79 Å². The van der Waals surface area contributed by atoms with Gasteiger partial charge in [0.1, 0.15) is 0 Å². The minimum atomic E-state index is -0.567. The molecule has 1 aliphatic heterocycles. The highest BCUT2D eigenvalue weighted by molar-refractivity contribution is 7.07. The van der Waals surface area contributed by atoms with Crippen LogP contribution in [-0.2, 0) is 9.53 Å². The minimum Gasteiger partial charge on any atom is -0.466 e. The van der Waals surface area contributed by atoms with E-state index in [1.54, 1.807) is 11.5 Å². The highest BCUT2D eigenvalue weighted by atomic mass is 32.1. The van der Waals surface area contributed by atoms with Crippen LogP contribution >= 0.6 is 11.3 Å². The molecule has 140 valence electrons. The molecule has 28 heavy (non-hydrogen) atoms. The van der Waals surface area contributed by atoms with Crippen LogP contribution < -0.4 is 14.9 Å². The quantitative estimate of drug-likeness (QED) is 0.646. The summed E-state index contributed by atoms with van der Waals surface area (Å²) in [5, 5.41) is 0.